The first-order valence-electron chi connectivity index (χ1n) is 9.20. The largest absolute Gasteiger partial charge is 0.469 e. The van der Waals surface area contributed by atoms with Gasteiger partial charge in [0.2, 0.25) is 6.79 Å². The van der Waals surface area contributed by atoms with Gasteiger partial charge in [-0.2, -0.15) is 0 Å². The molecule has 2 heterocycles. The fourth-order valence-corrected chi connectivity index (χ4v) is 2.64. The number of hydrogen-bond donors (Lipinski definition) is 2. The monoisotopic (exact) mass is 485 g/mol. The molecule has 2 N–H and O–H groups in total. The molecule has 0 bridgehead atoms. The van der Waals surface area contributed by atoms with Crippen LogP contribution >= 0.6 is 24.0 Å². The van der Waals surface area contributed by atoms with Crippen molar-refractivity contribution in [1.29, 1.82) is 0 Å². The highest BCUT2D eigenvalue weighted by molar-refractivity contribution is 14.0. The third kappa shape index (κ3) is 6.64. The van der Waals surface area contributed by atoms with E-state index in [1.54, 1.807) is 6.26 Å². The molecule has 148 valence electrons. The van der Waals surface area contributed by atoms with Crippen molar-refractivity contribution in [2.24, 2.45) is 4.99 Å². The first kappa shape index (κ1) is 21.4. The average Bonchev–Trinajstić information content (AvgIpc) is 3.32. The van der Waals surface area contributed by atoms with Gasteiger partial charge in [-0.25, -0.2) is 0 Å². The number of benzene rings is 1. The lowest BCUT2D eigenvalue weighted by atomic mass is 10.1. The van der Waals surface area contributed by atoms with Crippen LogP contribution in [-0.4, -0.2) is 31.9 Å². The molecule has 0 fully saturated rings. The number of nitrogens with zero attached hydrogens (tertiary/aromatic N) is 1. The van der Waals surface area contributed by atoms with Gasteiger partial charge in [0.05, 0.1) is 6.26 Å². The number of rotatable bonds is 8. The van der Waals surface area contributed by atoms with E-state index in [1.165, 1.54) is 5.56 Å². The molecule has 1 atom stereocenters. The van der Waals surface area contributed by atoms with Gasteiger partial charge in [0.15, 0.2) is 17.5 Å². The van der Waals surface area contributed by atoms with Crippen molar-refractivity contribution >= 4 is 29.9 Å². The van der Waals surface area contributed by atoms with E-state index in [1.807, 2.05) is 24.3 Å². The van der Waals surface area contributed by atoms with E-state index in [9.17, 15) is 0 Å². The molecule has 0 saturated carbocycles. The Bertz CT molecular complexity index is 719. The molecule has 0 radical (unpaired) electrons. The van der Waals surface area contributed by atoms with E-state index in [0.717, 1.165) is 49.0 Å². The van der Waals surface area contributed by atoms with Crippen LogP contribution in [0.5, 0.6) is 11.5 Å². The molecule has 1 aromatic carbocycles. The Morgan fingerprint density at radius 1 is 1.19 bits per heavy atom. The molecule has 3 rings (SSSR count). The van der Waals surface area contributed by atoms with Crippen molar-refractivity contribution in [1.82, 2.24) is 10.6 Å². The summed E-state index contributed by atoms with van der Waals surface area (Å²) in [7, 11) is 0. The van der Waals surface area contributed by atoms with Gasteiger partial charge in [-0.05, 0) is 49.6 Å². The molecule has 0 aliphatic carbocycles. The van der Waals surface area contributed by atoms with Crippen molar-refractivity contribution in [3.05, 3.63) is 47.9 Å². The minimum Gasteiger partial charge on any atom is -0.469 e. The van der Waals surface area contributed by atoms with Crippen molar-refractivity contribution < 1.29 is 13.9 Å². The topological polar surface area (TPSA) is 68.0 Å². The summed E-state index contributed by atoms with van der Waals surface area (Å²) in [6, 6.07) is 10.3. The molecule has 27 heavy (non-hydrogen) atoms. The fraction of sp³-hybridized carbons (Fsp3) is 0.450. The van der Waals surface area contributed by atoms with Gasteiger partial charge < -0.3 is 24.5 Å². The van der Waals surface area contributed by atoms with Crippen LogP contribution in [0, 0.1) is 0 Å². The number of halogens is 1. The standard InChI is InChI=1S/C20H27N3O3.HI/c1-3-15(2)23-20(22-11-9-17-5-4-12-24-17)21-10-8-16-6-7-18-19(13-16)26-14-25-18;/h4-7,12-13,15H,3,8-11,14H2,1-2H3,(H2,21,22,23);1H. The molecule has 7 heteroatoms. The SMILES string of the molecule is CCC(C)NC(=NCCc1ccco1)NCCc1ccc2c(c1)OCO2.I. The Morgan fingerprint density at radius 3 is 2.81 bits per heavy atom. The van der Waals surface area contributed by atoms with Gasteiger partial charge in [-0.15, -0.1) is 24.0 Å². The predicted molar refractivity (Wildman–Crippen MR) is 117 cm³/mol. The number of guanidine groups is 1. The Hall–Kier alpha value is -1.90. The normalized spacial score (nSPS) is 13.8. The van der Waals surface area contributed by atoms with Crippen molar-refractivity contribution in [2.45, 2.75) is 39.2 Å². The Labute approximate surface area is 177 Å². The molecule has 0 amide bonds. The van der Waals surface area contributed by atoms with E-state index in [2.05, 4.69) is 35.5 Å². The highest BCUT2D eigenvalue weighted by atomic mass is 127. The highest BCUT2D eigenvalue weighted by Gasteiger charge is 2.13. The third-order valence-electron chi connectivity index (χ3n) is 4.35. The van der Waals surface area contributed by atoms with E-state index in [4.69, 9.17) is 13.9 Å². The molecule has 1 aliphatic heterocycles. The van der Waals surface area contributed by atoms with Crippen LogP contribution in [0.15, 0.2) is 46.0 Å². The van der Waals surface area contributed by atoms with E-state index in [-0.39, 0.29) is 24.0 Å². The number of hydrogen-bond acceptors (Lipinski definition) is 4. The molecular weight excluding hydrogens is 457 g/mol. The minimum atomic E-state index is 0. The summed E-state index contributed by atoms with van der Waals surface area (Å²) in [6.07, 6.45) is 4.42. The van der Waals surface area contributed by atoms with E-state index >= 15 is 0 Å². The van der Waals surface area contributed by atoms with Gasteiger partial charge in [-0.1, -0.05) is 13.0 Å². The van der Waals surface area contributed by atoms with Gasteiger partial charge in [0.25, 0.3) is 0 Å². The molecule has 0 saturated heterocycles. The van der Waals surface area contributed by atoms with Crippen molar-refractivity contribution in [3.63, 3.8) is 0 Å². The van der Waals surface area contributed by atoms with Gasteiger partial charge in [0.1, 0.15) is 5.76 Å². The summed E-state index contributed by atoms with van der Waals surface area (Å²) in [4.78, 5) is 4.67. The number of ether oxygens (including phenoxy) is 2. The second-order valence-electron chi connectivity index (χ2n) is 6.38. The molecule has 6 nitrogen and oxygen atoms in total. The van der Waals surface area contributed by atoms with Crippen molar-refractivity contribution in [2.75, 3.05) is 19.9 Å². The van der Waals surface area contributed by atoms with Crippen LogP contribution in [0.25, 0.3) is 0 Å². The van der Waals surface area contributed by atoms with Crippen LogP contribution in [0.4, 0.5) is 0 Å². The molecule has 2 aromatic rings. The summed E-state index contributed by atoms with van der Waals surface area (Å²) in [6.45, 7) is 6.10. The first-order valence-corrected chi connectivity index (χ1v) is 9.20. The maximum absolute atomic E-state index is 5.43. The zero-order valence-electron chi connectivity index (χ0n) is 15.9. The zero-order valence-corrected chi connectivity index (χ0v) is 18.2. The lowest BCUT2D eigenvalue weighted by molar-refractivity contribution is 0.174. The predicted octanol–water partition coefficient (Wildman–Crippen LogP) is 3.75. The van der Waals surface area contributed by atoms with E-state index < -0.39 is 0 Å². The molecule has 0 spiro atoms. The van der Waals surface area contributed by atoms with Crippen LogP contribution in [0.2, 0.25) is 0 Å². The minimum absolute atomic E-state index is 0. The maximum Gasteiger partial charge on any atom is 0.231 e. The number of nitrogens with one attached hydrogen (secondary N) is 2. The summed E-state index contributed by atoms with van der Waals surface area (Å²) in [5.74, 6) is 3.44. The summed E-state index contributed by atoms with van der Waals surface area (Å²) in [5.41, 5.74) is 1.21. The number of aliphatic imine (C=N–C) groups is 1. The zero-order chi connectivity index (χ0) is 18.2. The molecule has 1 unspecified atom stereocenters. The van der Waals surface area contributed by atoms with Crippen molar-refractivity contribution in [3.8, 4) is 11.5 Å². The fourth-order valence-electron chi connectivity index (χ4n) is 2.64. The summed E-state index contributed by atoms with van der Waals surface area (Å²) >= 11 is 0. The molecule has 1 aliphatic rings. The van der Waals surface area contributed by atoms with Crippen LogP contribution in [-0.2, 0) is 12.8 Å². The average molecular weight is 485 g/mol. The number of fused-ring (bicyclic) bond motifs is 1. The van der Waals surface area contributed by atoms with Gasteiger partial charge in [0, 0.05) is 25.6 Å². The van der Waals surface area contributed by atoms with Crippen LogP contribution < -0.4 is 20.1 Å². The van der Waals surface area contributed by atoms with Crippen LogP contribution in [0.1, 0.15) is 31.6 Å². The third-order valence-corrected chi connectivity index (χ3v) is 4.35. The second kappa shape index (κ2) is 11.1. The summed E-state index contributed by atoms with van der Waals surface area (Å²) < 4.78 is 16.1. The lowest BCUT2D eigenvalue weighted by Gasteiger charge is -2.17. The smallest absolute Gasteiger partial charge is 0.231 e. The molecular formula is C20H28IN3O3. The lowest BCUT2D eigenvalue weighted by Crippen LogP contribution is -2.43. The van der Waals surface area contributed by atoms with E-state index in [0.29, 0.717) is 19.4 Å². The van der Waals surface area contributed by atoms with Crippen LogP contribution in [0.3, 0.4) is 0 Å². The first-order chi connectivity index (χ1) is 12.7. The summed E-state index contributed by atoms with van der Waals surface area (Å²) in [5, 5.41) is 6.86. The Kier molecular flexibility index (Phi) is 8.77. The Morgan fingerprint density at radius 2 is 2.04 bits per heavy atom. The quantitative estimate of drug-likeness (QED) is 0.339. The van der Waals surface area contributed by atoms with Gasteiger partial charge in [-0.3, -0.25) is 4.99 Å². The van der Waals surface area contributed by atoms with Gasteiger partial charge >= 0.3 is 0 Å². The number of furan rings is 1. The Balaban J connectivity index is 0.00000261. The highest BCUT2D eigenvalue weighted by Crippen LogP contribution is 2.32. The maximum atomic E-state index is 5.43. The second-order valence-corrected chi connectivity index (χ2v) is 6.38. The molecule has 1 aromatic heterocycles.